The fourth-order valence-electron chi connectivity index (χ4n) is 1.65. The number of hydrogen-bond acceptors (Lipinski definition) is 3. The molecule has 0 aliphatic rings. The SMILES string of the molecule is CCc1cc(Oc2nnc(Cl)c(C)c2C)ccc1Cl. The van der Waals surface area contributed by atoms with Crippen molar-refractivity contribution in [3.8, 4) is 11.6 Å². The molecule has 100 valence electrons. The first-order valence-electron chi connectivity index (χ1n) is 5.98. The third-order valence-corrected chi connectivity index (χ3v) is 3.76. The second-order valence-corrected chi connectivity index (χ2v) is 5.02. The van der Waals surface area contributed by atoms with E-state index in [1.54, 1.807) is 0 Å². The molecule has 0 aliphatic carbocycles. The Morgan fingerprint density at radius 1 is 1.11 bits per heavy atom. The molecule has 0 bridgehead atoms. The summed E-state index contributed by atoms with van der Waals surface area (Å²) in [7, 11) is 0. The molecular weight excluding hydrogens is 283 g/mol. The molecule has 1 aromatic heterocycles. The monoisotopic (exact) mass is 296 g/mol. The summed E-state index contributed by atoms with van der Waals surface area (Å²) >= 11 is 12.0. The van der Waals surface area contributed by atoms with Crippen molar-refractivity contribution >= 4 is 23.2 Å². The lowest BCUT2D eigenvalue weighted by Gasteiger charge is -2.10. The third-order valence-electron chi connectivity index (χ3n) is 3.03. The summed E-state index contributed by atoms with van der Waals surface area (Å²) < 4.78 is 5.75. The van der Waals surface area contributed by atoms with Crippen LogP contribution in [0, 0.1) is 13.8 Å². The average Bonchev–Trinajstić information content (AvgIpc) is 2.41. The predicted octanol–water partition coefficient (Wildman–Crippen LogP) is 4.75. The maximum absolute atomic E-state index is 6.08. The summed E-state index contributed by atoms with van der Waals surface area (Å²) in [5.74, 6) is 1.16. The maximum atomic E-state index is 6.08. The van der Waals surface area contributed by atoms with Gasteiger partial charge in [-0.1, -0.05) is 30.1 Å². The summed E-state index contributed by atoms with van der Waals surface area (Å²) in [5.41, 5.74) is 2.79. The first kappa shape index (κ1) is 14.1. The Hall–Kier alpha value is -1.32. The highest BCUT2D eigenvalue weighted by molar-refractivity contribution is 6.31. The van der Waals surface area contributed by atoms with Crippen LogP contribution >= 0.6 is 23.2 Å². The number of aryl methyl sites for hydroxylation is 1. The summed E-state index contributed by atoms with van der Waals surface area (Å²) in [6, 6.07) is 5.54. The molecule has 0 saturated heterocycles. The molecule has 2 aromatic rings. The standard InChI is InChI=1S/C14H14Cl2N2O/c1-4-10-7-11(5-6-12(10)15)19-14-9(3)8(2)13(16)17-18-14/h5-7H,4H2,1-3H3. The smallest absolute Gasteiger partial charge is 0.242 e. The molecule has 1 heterocycles. The van der Waals surface area contributed by atoms with E-state index in [-0.39, 0.29) is 0 Å². The highest BCUT2D eigenvalue weighted by Crippen LogP contribution is 2.29. The zero-order valence-corrected chi connectivity index (χ0v) is 12.5. The Morgan fingerprint density at radius 3 is 2.53 bits per heavy atom. The van der Waals surface area contributed by atoms with Crippen molar-refractivity contribution in [3.63, 3.8) is 0 Å². The lowest BCUT2D eigenvalue weighted by molar-refractivity contribution is 0.450. The Morgan fingerprint density at radius 2 is 1.84 bits per heavy atom. The van der Waals surface area contributed by atoms with Crippen LogP contribution in [0.25, 0.3) is 0 Å². The van der Waals surface area contributed by atoms with Crippen LogP contribution in [0.4, 0.5) is 0 Å². The number of hydrogen-bond donors (Lipinski definition) is 0. The van der Waals surface area contributed by atoms with Gasteiger partial charge in [0.2, 0.25) is 5.88 Å². The van der Waals surface area contributed by atoms with Crippen molar-refractivity contribution in [3.05, 3.63) is 45.1 Å². The van der Waals surface area contributed by atoms with Crippen LogP contribution < -0.4 is 4.74 Å². The molecule has 0 aliphatic heterocycles. The minimum Gasteiger partial charge on any atom is -0.437 e. The van der Waals surface area contributed by atoms with E-state index >= 15 is 0 Å². The summed E-state index contributed by atoms with van der Waals surface area (Å²) in [6.45, 7) is 5.84. The van der Waals surface area contributed by atoms with Gasteiger partial charge in [-0.05, 0) is 49.6 Å². The van der Waals surface area contributed by atoms with Crippen LogP contribution in [0.1, 0.15) is 23.6 Å². The minimum absolute atomic E-state index is 0.398. The van der Waals surface area contributed by atoms with E-state index < -0.39 is 0 Å². The van der Waals surface area contributed by atoms with Crippen molar-refractivity contribution in [2.24, 2.45) is 0 Å². The molecule has 2 rings (SSSR count). The Kier molecular flexibility index (Phi) is 4.27. The van der Waals surface area contributed by atoms with Gasteiger partial charge in [0.15, 0.2) is 5.15 Å². The normalized spacial score (nSPS) is 10.6. The van der Waals surface area contributed by atoms with Crippen molar-refractivity contribution < 1.29 is 4.74 Å². The number of ether oxygens (including phenoxy) is 1. The Labute approximate surface area is 122 Å². The van der Waals surface area contributed by atoms with E-state index in [0.717, 1.165) is 28.1 Å². The van der Waals surface area contributed by atoms with E-state index in [9.17, 15) is 0 Å². The number of rotatable bonds is 3. The van der Waals surface area contributed by atoms with Crippen LogP contribution in [-0.2, 0) is 6.42 Å². The van der Waals surface area contributed by atoms with Crippen LogP contribution in [0.2, 0.25) is 10.2 Å². The lowest BCUT2D eigenvalue weighted by Crippen LogP contribution is -1.98. The van der Waals surface area contributed by atoms with E-state index in [0.29, 0.717) is 16.8 Å². The number of nitrogens with zero attached hydrogens (tertiary/aromatic N) is 2. The molecule has 19 heavy (non-hydrogen) atoms. The largest absolute Gasteiger partial charge is 0.437 e. The quantitative estimate of drug-likeness (QED) is 0.819. The minimum atomic E-state index is 0.398. The highest BCUT2D eigenvalue weighted by Gasteiger charge is 2.10. The maximum Gasteiger partial charge on any atom is 0.242 e. The molecule has 1 aromatic carbocycles. The molecule has 0 unspecified atom stereocenters. The zero-order valence-electron chi connectivity index (χ0n) is 11.0. The molecule has 3 nitrogen and oxygen atoms in total. The van der Waals surface area contributed by atoms with Crippen molar-refractivity contribution in [2.75, 3.05) is 0 Å². The van der Waals surface area contributed by atoms with Crippen LogP contribution in [0.15, 0.2) is 18.2 Å². The van der Waals surface area contributed by atoms with Gasteiger partial charge >= 0.3 is 0 Å². The molecule has 0 saturated carbocycles. The number of halogens is 2. The van der Waals surface area contributed by atoms with E-state index in [2.05, 4.69) is 10.2 Å². The zero-order chi connectivity index (χ0) is 14.0. The van der Waals surface area contributed by atoms with Gasteiger partial charge < -0.3 is 4.74 Å². The van der Waals surface area contributed by atoms with Crippen LogP contribution in [0.5, 0.6) is 11.6 Å². The highest BCUT2D eigenvalue weighted by atomic mass is 35.5. The van der Waals surface area contributed by atoms with Crippen molar-refractivity contribution in [1.82, 2.24) is 10.2 Å². The second-order valence-electron chi connectivity index (χ2n) is 4.25. The molecule has 5 heteroatoms. The van der Waals surface area contributed by atoms with Gasteiger partial charge in [-0.2, -0.15) is 0 Å². The van der Waals surface area contributed by atoms with Crippen molar-refractivity contribution in [2.45, 2.75) is 27.2 Å². The molecule has 0 atom stereocenters. The van der Waals surface area contributed by atoms with Gasteiger partial charge in [-0.25, -0.2) is 0 Å². The molecule has 0 fully saturated rings. The van der Waals surface area contributed by atoms with Gasteiger partial charge in [0, 0.05) is 10.6 Å². The third kappa shape index (κ3) is 2.99. The van der Waals surface area contributed by atoms with Gasteiger partial charge in [0.25, 0.3) is 0 Å². The Balaban J connectivity index is 2.34. The topological polar surface area (TPSA) is 35.0 Å². The molecule has 0 radical (unpaired) electrons. The molecular formula is C14H14Cl2N2O. The van der Waals surface area contributed by atoms with Gasteiger partial charge in [-0.3, -0.25) is 0 Å². The summed E-state index contributed by atoms with van der Waals surface area (Å²) in [4.78, 5) is 0. The van der Waals surface area contributed by atoms with Gasteiger partial charge in [0.05, 0.1) is 0 Å². The Bertz CT molecular complexity index is 615. The van der Waals surface area contributed by atoms with E-state index in [4.69, 9.17) is 27.9 Å². The predicted molar refractivity (Wildman–Crippen MR) is 77.4 cm³/mol. The van der Waals surface area contributed by atoms with Gasteiger partial charge in [-0.15, -0.1) is 10.2 Å². The molecule has 0 amide bonds. The summed E-state index contributed by atoms with van der Waals surface area (Å²) in [6.07, 6.45) is 0.848. The summed E-state index contributed by atoms with van der Waals surface area (Å²) in [5, 5.41) is 8.97. The fraction of sp³-hybridized carbons (Fsp3) is 0.286. The number of aromatic nitrogens is 2. The second kappa shape index (κ2) is 5.76. The molecule has 0 N–H and O–H groups in total. The van der Waals surface area contributed by atoms with Crippen molar-refractivity contribution in [1.29, 1.82) is 0 Å². The average molecular weight is 297 g/mol. The van der Waals surface area contributed by atoms with Crippen LogP contribution in [-0.4, -0.2) is 10.2 Å². The first-order valence-corrected chi connectivity index (χ1v) is 6.74. The van der Waals surface area contributed by atoms with E-state index in [1.165, 1.54) is 0 Å². The molecule has 0 spiro atoms. The first-order chi connectivity index (χ1) is 9.02. The van der Waals surface area contributed by atoms with Gasteiger partial charge in [0.1, 0.15) is 5.75 Å². The van der Waals surface area contributed by atoms with E-state index in [1.807, 2.05) is 39.0 Å². The fourth-order valence-corrected chi connectivity index (χ4v) is 2.08. The van der Waals surface area contributed by atoms with Crippen LogP contribution in [0.3, 0.4) is 0 Å². The lowest BCUT2D eigenvalue weighted by atomic mass is 10.1. The number of benzene rings is 1.